The van der Waals surface area contributed by atoms with Crippen LogP contribution in [0.3, 0.4) is 0 Å². The van der Waals surface area contributed by atoms with Crippen molar-refractivity contribution in [3.8, 4) is 5.75 Å². The maximum Gasteiger partial charge on any atom is 0.124 e. The summed E-state index contributed by atoms with van der Waals surface area (Å²) < 4.78 is 0. The molecule has 23 heavy (non-hydrogen) atoms. The van der Waals surface area contributed by atoms with Crippen LogP contribution < -0.4 is 5.32 Å². The Hall–Kier alpha value is -2.13. The van der Waals surface area contributed by atoms with Crippen LogP contribution in [-0.4, -0.2) is 29.9 Å². The highest BCUT2D eigenvalue weighted by atomic mass is 16.3. The summed E-state index contributed by atoms with van der Waals surface area (Å²) in [7, 11) is 2.01. The van der Waals surface area contributed by atoms with Gasteiger partial charge < -0.3 is 10.4 Å². The number of aliphatic imine (C=N–C) groups is 1. The number of phenols is 1. The number of para-hydroxylation sites is 1. The van der Waals surface area contributed by atoms with Crippen LogP contribution in [0, 0.1) is 0 Å². The van der Waals surface area contributed by atoms with Gasteiger partial charge in [0.15, 0.2) is 0 Å². The molecule has 3 rings (SSSR count). The zero-order valence-electron chi connectivity index (χ0n) is 13.6. The largest absolute Gasteiger partial charge is 0.507 e. The van der Waals surface area contributed by atoms with Crippen molar-refractivity contribution < 1.29 is 5.11 Å². The van der Waals surface area contributed by atoms with E-state index >= 15 is 0 Å². The summed E-state index contributed by atoms with van der Waals surface area (Å²) in [6, 6.07) is 18.3. The van der Waals surface area contributed by atoms with E-state index in [2.05, 4.69) is 17.4 Å². The number of aromatic hydroxyl groups is 1. The summed E-state index contributed by atoms with van der Waals surface area (Å²) in [6.07, 6.45) is 4.73. The van der Waals surface area contributed by atoms with Crippen molar-refractivity contribution in [2.75, 3.05) is 7.05 Å². The van der Waals surface area contributed by atoms with E-state index in [0.717, 1.165) is 29.7 Å². The molecule has 0 radical (unpaired) electrons. The summed E-state index contributed by atoms with van der Waals surface area (Å²) in [5, 5.41) is 13.7. The minimum absolute atomic E-state index is 0.253. The second-order valence-corrected chi connectivity index (χ2v) is 6.11. The van der Waals surface area contributed by atoms with Gasteiger partial charge in [0.25, 0.3) is 0 Å². The van der Waals surface area contributed by atoms with Gasteiger partial charge in [-0.2, -0.15) is 0 Å². The molecule has 0 heterocycles. The zero-order chi connectivity index (χ0) is 16.1. The second kappa shape index (κ2) is 7.42. The summed E-state index contributed by atoms with van der Waals surface area (Å²) in [6.45, 7) is 0. The molecule has 2 N–H and O–H groups in total. The molecule has 120 valence electrons. The third-order valence-electron chi connectivity index (χ3n) is 4.60. The van der Waals surface area contributed by atoms with Crippen molar-refractivity contribution in [3.63, 3.8) is 0 Å². The number of benzene rings is 2. The lowest BCUT2D eigenvalue weighted by Crippen LogP contribution is -2.39. The van der Waals surface area contributed by atoms with Gasteiger partial charge in [0.2, 0.25) is 0 Å². The molecule has 3 heteroatoms. The van der Waals surface area contributed by atoms with Crippen LogP contribution in [0.15, 0.2) is 59.6 Å². The summed E-state index contributed by atoms with van der Waals surface area (Å²) in [5.74, 6) is 0.284. The molecule has 0 spiro atoms. The standard InChI is InChI=1S/C20H24N2O/c1-21-17-12-6-7-13-18(17)22-20(15-9-3-2-4-10-15)16-11-5-8-14-19(16)23/h2-5,8-11,14,17-18,21,23H,6-7,12-13H2,1H3. The third kappa shape index (κ3) is 3.62. The highest BCUT2D eigenvalue weighted by Gasteiger charge is 2.24. The van der Waals surface area contributed by atoms with Crippen LogP contribution in [0.4, 0.5) is 0 Å². The average molecular weight is 308 g/mol. The molecule has 1 fully saturated rings. The number of hydrogen-bond acceptors (Lipinski definition) is 3. The first-order valence-corrected chi connectivity index (χ1v) is 8.38. The Morgan fingerprint density at radius 2 is 1.70 bits per heavy atom. The van der Waals surface area contributed by atoms with Gasteiger partial charge in [-0.05, 0) is 32.0 Å². The number of nitrogens with one attached hydrogen (secondary N) is 1. The van der Waals surface area contributed by atoms with Crippen LogP contribution in [0.25, 0.3) is 0 Å². The predicted octanol–water partition coefficient (Wildman–Crippen LogP) is 3.76. The molecular formula is C20H24N2O. The van der Waals surface area contributed by atoms with Crippen molar-refractivity contribution in [2.24, 2.45) is 4.99 Å². The molecule has 2 atom stereocenters. The van der Waals surface area contributed by atoms with Crippen molar-refractivity contribution in [3.05, 3.63) is 65.7 Å². The Kier molecular flexibility index (Phi) is 5.09. The van der Waals surface area contributed by atoms with Crippen molar-refractivity contribution >= 4 is 5.71 Å². The Morgan fingerprint density at radius 1 is 1.00 bits per heavy atom. The number of phenolic OH excluding ortho intramolecular Hbond substituents is 1. The molecule has 0 bridgehead atoms. The smallest absolute Gasteiger partial charge is 0.124 e. The first-order valence-electron chi connectivity index (χ1n) is 8.38. The van der Waals surface area contributed by atoms with E-state index in [4.69, 9.17) is 4.99 Å². The Labute approximate surface area is 138 Å². The van der Waals surface area contributed by atoms with E-state index < -0.39 is 0 Å². The van der Waals surface area contributed by atoms with Gasteiger partial charge in [0, 0.05) is 17.2 Å². The molecule has 2 aromatic rings. The predicted molar refractivity (Wildman–Crippen MR) is 95.3 cm³/mol. The average Bonchev–Trinajstić information content (AvgIpc) is 2.61. The van der Waals surface area contributed by atoms with E-state index in [1.165, 1.54) is 12.8 Å². The third-order valence-corrected chi connectivity index (χ3v) is 4.60. The number of rotatable bonds is 4. The fourth-order valence-electron chi connectivity index (χ4n) is 3.34. The lowest BCUT2D eigenvalue weighted by molar-refractivity contribution is 0.346. The van der Waals surface area contributed by atoms with Crippen LogP contribution in [-0.2, 0) is 0 Å². The molecule has 0 aromatic heterocycles. The molecule has 0 aliphatic heterocycles. The minimum atomic E-state index is 0.253. The van der Waals surface area contributed by atoms with E-state index in [1.54, 1.807) is 6.07 Å². The second-order valence-electron chi connectivity index (χ2n) is 6.11. The molecule has 1 saturated carbocycles. The number of hydrogen-bond donors (Lipinski definition) is 2. The number of likely N-dealkylation sites (N-methyl/N-ethyl adjacent to an activating group) is 1. The molecule has 2 aromatic carbocycles. The summed E-state index contributed by atoms with van der Waals surface area (Å²) in [5.41, 5.74) is 2.74. The van der Waals surface area contributed by atoms with Gasteiger partial charge in [-0.3, -0.25) is 4.99 Å². The van der Waals surface area contributed by atoms with Crippen molar-refractivity contribution in [1.82, 2.24) is 5.32 Å². The summed E-state index contributed by atoms with van der Waals surface area (Å²) >= 11 is 0. The number of nitrogens with zero attached hydrogens (tertiary/aromatic N) is 1. The molecule has 0 amide bonds. The van der Waals surface area contributed by atoms with Gasteiger partial charge in [0.1, 0.15) is 5.75 Å². The quantitative estimate of drug-likeness (QED) is 0.845. The van der Waals surface area contributed by atoms with Gasteiger partial charge in [-0.1, -0.05) is 55.3 Å². The molecule has 2 unspecified atom stereocenters. The Bertz CT molecular complexity index is 666. The van der Waals surface area contributed by atoms with E-state index in [1.807, 2.05) is 43.4 Å². The fourth-order valence-corrected chi connectivity index (χ4v) is 3.34. The van der Waals surface area contributed by atoms with Gasteiger partial charge in [-0.25, -0.2) is 0 Å². The van der Waals surface area contributed by atoms with Crippen LogP contribution in [0.5, 0.6) is 5.75 Å². The van der Waals surface area contributed by atoms with Gasteiger partial charge in [-0.15, -0.1) is 0 Å². The van der Waals surface area contributed by atoms with Crippen LogP contribution in [0.2, 0.25) is 0 Å². The van der Waals surface area contributed by atoms with Crippen molar-refractivity contribution in [1.29, 1.82) is 0 Å². The Balaban J connectivity index is 2.05. The maximum atomic E-state index is 10.3. The van der Waals surface area contributed by atoms with Gasteiger partial charge >= 0.3 is 0 Å². The SMILES string of the molecule is CNC1CCCCC1N=C(c1ccccc1)c1ccccc1O. The summed E-state index contributed by atoms with van der Waals surface area (Å²) in [4.78, 5) is 5.08. The highest BCUT2D eigenvalue weighted by molar-refractivity contribution is 6.14. The molecule has 1 aliphatic rings. The Morgan fingerprint density at radius 3 is 2.43 bits per heavy atom. The monoisotopic (exact) mass is 308 g/mol. The normalized spacial score (nSPS) is 22.0. The fraction of sp³-hybridized carbons (Fsp3) is 0.350. The van der Waals surface area contributed by atoms with Crippen LogP contribution >= 0.6 is 0 Å². The molecular weight excluding hydrogens is 284 g/mol. The first-order chi connectivity index (χ1) is 11.3. The van der Waals surface area contributed by atoms with Gasteiger partial charge in [0.05, 0.1) is 11.8 Å². The maximum absolute atomic E-state index is 10.3. The molecule has 1 aliphatic carbocycles. The lowest BCUT2D eigenvalue weighted by Gasteiger charge is -2.29. The zero-order valence-corrected chi connectivity index (χ0v) is 13.6. The van der Waals surface area contributed by atoms with Crippen molar-refractivity contribution in [2.45, 2.75) is 37.8 Å². The molecule has 0 saturated heterocycles. The van der Waals surface area contributed by atoms with E-state index in [-0.39, 0.29) is 11.8 Å². The topological polar surface area (TPSA) is 44.6 Å². The van der Waals surface area contributed by atoms with Crippen LogP contribution in [0.1, 0.15) is 36.8 Å². The van der Waals surface area contributed by atoms with E-state index in [9.17, 15) is 5.11 Å². The lowest BCUT2D eigenvalue weighted by atomic mass is 9.90. The molecule has 3 nitrogen and oxygen atoms in total. The van der Waals surface area contributed by atoms with E-state index in [0.29, 0.717) is 6.04 Å². The minimum Gasteiger partial charge on any atom is -0.507 e. The first kappa shape index (κ1) is 15.8. The highest BCUT2D eigenvalue weighted by Crippen LogP contribution is 2.26.